The van der Waals surface area contributed by atoms with Crippen LogP contribution in [0.2, 0.25) is 5.02 Å². The van der Waals surface area contributed by atoms with Gasteiger partial charge in [0.05, 0.1) is 5.69 Å². The van der Waals surface area contributed by atoms with Crippen LogP contribution in [-0.4, -0.2) is 5.91 Å². The number of hydrogen-bond donors (Lipinski definition) is 2. The molecule has 104 valence electrons. The van der Waals surface area contributed by atoms with Crippen molar-refractivity contribution >= 4 is 28.9 Å². The van der Waals surface area contributed by atoms with Crippen LogP contribution in [-0.2, 0) is 11.3 Å². The van der Waals surface area contributed by atoms with Gasteiger partial charge in [-0.15, -0.1) is 0 Å². The first-order valence-electron chi connectivity index (χ1n) is 6.10. The summed E-state index contributed by atoms with van der Waals surface area (Å²) >= 11 is 5.84. The van der Waals surface area contributed by atoms with Gasteiger partial charge in [0.2, 0.25) is 5.91 Å². The van der Waals surface area contributed by atoms with Crippen molar-refractivity contribution in [1.29, 1.82) is 0 Å². The van der Waals surface area contributed by atoms with E-state index in [1.165, 1.54) is 25.1 Å². The van der Waals surface area contributed by atoms with Gasteiger partial charge in [-0.05, 0) is 29.8 Å². The molecule has 0 spiro atoms. The van der Waals surface area contributed by atoms with Gasteiger partial charge in [-0.2, -0.15) is 0 Å². The Morgan fingerprint density at radius 1 is 1.20 bits per heavy atom. The zero-order valence-corrected chi connectivity index (χ0v) is 11.7. The van der Waals surface area contributed by atoms with Crippen molar-refractivity contribution < 1.29 is 9.18 Å². The van der Waals surface area contributed by atoms with Crippen LogP contribution >= 0.6 is 11.6 Å². The molecule has 0 unspecified atom stereocenters. The molecule has 2 aromatic rings. The molecule has 2 rings (SSSR count). The summed E-state index contributed by atoms with van der Waals surface area (Å²) in [6, 6.07) is 11.7. The fraction of sp³-hybridized carbons (Fsp3) is 0.133. The van der Waals surface area contributed by atoms with Gasteiger partial charge in [-0.3, -0.25) is 4.79 Å². The molecule has 1 amide bonds. The summed E-state index contributed by atoms with van der Waals surface area (Å²) in [6.45, 7) is 1.83. The number of carbonyl (C=O) groups excluding carboxylic acids is 1. The van der Waals surface area contributed by atoms with Gasteiger partial charge in [0.1, 0.15) is 5.82 Å². The molecule has 2 aromatic carbocycles. The van der Waals surface area contributed by atoms with Crippen molar-refractivity contribution in [3.63, 3.8) is 0 Å². The van der Waals surface area contributed by atoms with Crippen LogP contribution in [0.4, 0.5) is 15.8 Å². The molecule has 20 heavy (non-hydrogen) atoms. The van der Waals surface area contributed by atoms with Crippen LogP contribution in [0.25, 0.3) is 0 Å². The lowest BCUT2D eigenvalue weighted by Gasteiger charge is -2.12. The lowest BCUT2D eigenvalue weighted by Crippen LogP contribution is -2.10. The Morgan fingerprint density at radius 2 is 1.95 bits per heavy atom. The van der Waals surface area contributed by atoms with Gasteiger partial charge in [-0.25, -0.2) is 4.39 Å². The summed E-state index contributed by atoms with van der Waals surface area (Å²) in [6.07, 6.45) is 0. The fourth-order valence-electron chi connectivity index (χ4n) is 1.81. The number of carbonyl (C=O) groups is 1. The maximum absolute atomic E-state index is 13.6. The van der Waals surface area contributed by atoms with Crippen molar-refractivity contribution in [2.24, 2.45) is 0 Å². The highest BCUT2D eigenvalue weighted by Gasteiger charge is 2.06. The van der Waals surface area contributed by atoms with Gasteiger partial charge >= 0.3 is 0 Å². The van der Waals surface area contributed by atoms with E-state index in [1.807, 2.05) is 18.2 Å². The molecule has 0 aliphatic heterocycles. The van der Waals surface area contributed by atoms with E-state index in [9.17, 15) is 9.18 Å². The number of amides is 1. The molecule has 0 bridgehead atoms. The zero-order chi connectivity index (χ0) is 14.5. The van der Waals surface area contributed by atoms with Crippen LogP contribution in [0.5, 0.6) is 0 Å². The Bertz CT molecular complexity index is 631. The predicted octanol–water partition coefficient (Wildman–Crippen LogP) is 4.05. The van der Waals surface area contributed by atoms with Crippen LogP contribution < -0.4 is 10.6 Å². The Kier molecular flexibility index (Phi) is 4.58. The van der Waals surface area contributed by atoms with Gasteiger partial charge < -0.3 is 10.6 Å². The van der Waals surface area contributed by atoms with E-state index in [2.05, 4.69) is 10.6 Å². The molecule has 5 heteroatoms. The second-order valence-corrected chi connectivity index (χ2v) is 4.75. The van der Waals surface area contributed by atoms with Crippen molar-refractivity contribution in [3.05, 3.63) is 58.9 Å². The van der Waals surface area contributed by atoms with Crippen molar-refractivity contribution in [2.75, 3.05) is 10.6 Å². The molecule has 0 aliphatic rings. The summed E-state index contributed by atoms with van der Waals surface area (Å²) < 4.78 is 13.6. The molecule has 2 N–H and O–H groups in total. The highest BCUT2D eigenvalue weighted by Crippen LogP contribution is 2.22. The predicted molar refractivity (Wildman–Crippen MR) is 79.5 cm³/mol. The minimum atomic E-state index is -0.369. The fourth-order valence-corrected chi connectivity index (χ4v) is 1.98. The molecule has 0 saturated carbocycles. The van der Waals surface area contributed by atoms with Crippen molar-refractivity contribution in [3.8, 4) is 0 Å². The zero-order valence-electron chi connectivity index (χ0n) is 10.9. The molecule has 3 nitrogen and oxygen atoms in total. The molecule has 0 fully saturated rings. The second kappa shape index (κ2) is 6.39. The van der Waals surface area contributed by atoms with E-state index >= 15 is 0 Å². The van der Waals surface area contributed by atoms with Gasteiger partial charge in [0.25, 0.3) is 0 Å². The topological polar surface area (TPSA) is 41.1 Å². The summed E-state index contributed by atoms with van der Waals surface area (Å²) in [5.74, 6) is -0.516. The smallest absolute Gasteiger partial charge is 0.221 e. The summed E-state index contributed by atoms with van der Waals surface area (Å²) in [5.41, 5.74) is 1.90. The first-order chi connectivity index (χ1) is 9.56. The monoisotopic (exact) mass is 292 g/mol. The number of benzene rings is 2. The van der Waals surface area contributed by atoms with E-state index in [1.54, 1.807) is 6.07 Å². The summed E-state index contributed by atoms with van der Waals surface area (Å²) in [5, 5.41) is 6.17. The third-order valence-electron chi connectivity index (χ3n) is 2.73. The van der Waals surface area contributed by atoms with Crippen LogP contribution in [0.1, 0.15) is 12.5 Å². The Hall–Kier alpha value is -2.07. The lowest BCUT2D eigenvalue weighted by atomic mass is 10.1. The maximum atomic E-state index is 13.6. The van der Waals surface area contributed by atoms with Crippen LogP contribution in [0, 0.1) is 5.82 Å². The number of para-hydroxylation sites is 1. The third kappa shape index (κ3) is 3.71. The van der Waals surface area contributed by atoms with Gasteiger partial charge in [0.15, 0.2) is 0 Å². The number of nitrogens with one attached hydrogen (secondary N) is 2. The van der Waals surface area contributed by atoms with E-state index in [-0.39, 0.29) is 11.7 Å². The molecule has 0 radical (unpaired) electrons. The Morgan fingerprint density at radius 3 is 2.70 bits per heavy atom. The standard InChI is InChI=1S/C15H14ClFN2O/c1-10(20)19-14-5-3-2-4-11(14)9-18-15-8-12(16)6-7-13(15)17/h2-8,18H,9H2,1H3,(H,19,20). The maximum Gasteiger partial charge on any atom is 0.221 e. The third-order valence-corrected chi connectivity index (χ3v) is 2.96. The lowest BCUT2D eigenvalue weighted by molar-refractivity contribution is -0.114. The molecule has 0 heterocycles. The summed E-state index contributed by atoms with van der Waals surface area (Å²) in [7, 11) is 0. The van der Waals surface area contributed by atoms with Gasteiger partial charge in [0, 0.05) is 24.2 Å². The molecular formula is C15H14ClFN2O. The van der Waals surface area contributed by atoms with Gasteiger partial charge in [-0.1, -0.05) is 29.8 Å². The normalized spacial score (nSPS) is 10.2. The van der Waals surface area contributed by atoms with E-state index in [4.69, 9.17) is 11.6 Å². The van der Waals surface area contributed by atoms with Crippen molar-refractivity contribution in [1.82, 2.24) is 0 Å². The molecule has 0 aromatic heterocycles. The minimum Gasteiger partial charge on any atom is -0.378 e. The van der Waals surface area contributed by atoms with Crippen LogP contribution in [0.15, 0.2) is 42.5 Å². The number of anilines is 2. The SMILES string of the molecule is CC(=O)Nc1ccccc1CNc1cc(Cl)ccc1F. The average molecular weight is 293 g/mol. The molecule has 0 aliphatic carbocycles. The Balaban J connectivity index is 2.14. The molecule has 0 atom stereocenters. The quantitative estimate of drug-likeness (QED) is 0.892. The number of hydrogen-bond acceptors (Lipinski definition) is 2. The highest BCUT2D eigenvalue weighted by molar-refractivity contribution is 6.30. The first-order valence-corrected chi connectivity index (χ1v) is 6.48. The summed E-state index contributed by atoms with van der Waals surface area (Å²) in [4.78, 5) is 11.1. The van der Waals surface area contributed by atoms with Crippen LogP contribution in [0.3, 0.4) is 0 Å². The van der Waals surface area contributed by atoms with Crippen molar-refractivity contribution in [2.45, 2.75) is 13.5 Å². The number of halogens is 2. The number of rotatable bonds is 4. The molecular weight excluding hydrogens is 279 g/mol. The van der Waals surface area contributed by atoms with E-state index < -0.39 is 0 Å². The highest BCUT2D eigenvalue weighted by atomic mass is 35.5. The average Bonchev–Trinajstić information content (AvgIpc) is 2.41. The molecule has 0 saturated heterocycles. The van der Waals surface area contributed by atoms with E-state index in [0.29, 0.717) is 22.9 Å². The minimum absolute atomic E-state index is 0.147. The van der Waals surface area contributed by atoms with E-state index in [0.717, 1.165) is 5.56 Å². The Labute approximate surface area is 121 Å². The second-order valence-electron chi connectivity index (χ2n) is 4.32. The first kappa shape index (κ1) is 14.3. The largest absolute Gasteiger partial charge is 0.378 e.